The minimum Gasteiger partial charge on any atom is -0.494 e. The van der Waals surface area contributed by atoms with Gasteiger partial charge in [0.05, 0.1) is 18.7 Å². The Balaban J connectivity index is 1.53. The number of hydrogen-bond donors (Lipinski definition) is 2. The summed E-state index contributed by atoms with van der Waals surface area (Å²) in [5.74, 6) is 1.48. The molecular weight excluding hydrogens is 473 g/mol. The first-order valence-corrected chi connectivity index (χ1v) is 12.1. The molecule has 0 unspecified atom stereocenters. The molecule has 0 amide bonds. The first-order valence-electron chi connectivity index (χ1n) is 10.6. The molecule has 1 aromatic carbocycles. The van der Waals surface area contributed by atoms with E-state index in [-0.39, 0.29) is 18.9 Å². The lowest BCUT2D eigenvalue weighted by Crippen LogP contribution is -2.25. The number of rotatable bonds is 10. The van der Waals surface area contributed by atoms with Crippen molar-refractivity contribution in [3.05, 3.63) is 65.2 Å². The number of hydrogen-bond acceptors (Lipinski definition) is 7. The van der Waals surface area contributed by atoms with Gasteiger partial charge in [0, 0.05) is 24.7 Å². The van der Waals surface area contributed by atoms with Gasteiger partial charge < -0.3 is 14.6 Å². The van der Waals surface area contributed by atoms with Crippen LogP contribution in [0.2, 0.25) is 0 Å². The molecule has 1 aliphatic carbocycles. The Hall–Kier alpha value is -3.12. The second-order valence-corrected chi connectivity index (χ2v) is 9.55. The normalized spacial score (nSPS) is 14.2. The van der Waals surface area contributed by atoms with Crippen molar-refractivity contribution in [3.63, 3.8) is 0 Å². The van der Waals surface area contributed by atoms with Crippen LogP contribution >= 0.6 is 0 Å². The van der Waals surface area contributed by atoms with Crippen LogP contribution in [-0.4, -0.2) is 25.2 Å². The van der Waals surface area contributed by atoms with Crippen LogP contribution in [0.3, 0.4) is 0 Å². The van der Waals surface area contributed by atoms with E-state index in [1.165, 1.54) is 0 Å². The second-order valence-electron chi connectivity index (χ2n) is 7.82. The molecule has 1 fully saturated rings. The van der Waals surface area contributed by atoms with Crippen molar-refractivity contribution in [2.75, 3.05) is 11.9 Å². The van der Waals surface area contributed by atoms with E-state index >= 15 is 0 Å². The zero-order chi connectivity index (χ0) is 24.3. The molecule has 0 aliphatic heterocycles. The number of alkyl halides is 3. The Morgan fingerprint density at radius 1 is 1.15 bits per heavy atom. The average molecular weight is 497 g/mol. The van der Waals surface area contributed by atoms with Crippen molar-refractivity contribution in [3.8, 4) is 5.75 Å². The van der Waals surface area contributed by atoms with Crippen molar-refractivity contribution in [1.82, 2.24) is 14.9 Å². The topological polar surface area (TPSA) is 106 Å². The predicted molar refractivity (Wildman–Crippen MR) is 117 cm³/mol. The first kappa shape index (κ1) is 24.0. The van der Waals surface area contributed by atoms with E-state index in [9.17, 15) is 21.6 Å². The number of nitrogens with zero attached hydrogens (tertiary/aromatic N) is 2. The standard InChI is InChI=1S/C22H23F3N4O4S/c1-2-32-18-7-3-14(4-8-18)11-28-34(30,31)20-9-16(22(23,24)25)12-26-21(20)27-13-17-10-19(33-29-17)15-5-6-15/h3-4,7-10,12,15,28H,2,5-6,11,13H2,1H3,(H,26,27). The summed E-state index contributed by atoms with van der Waals surface area (Å²) in [6.45, 7) is 2.24. The third-order valence-electron chi connectivity index (χ3n) is 5.16. The van der Waals surface area contributed by atoms with Gasteiger partial charge in [-0.25, -0.2) is 18.1 Å². The van der Waals surface area contributed by atoms with Crippen molar-refractivity contribution < 1.29 is 30.8 Å². The summed E-state index contributed by atoms with van der Waals surface area (Å²) in [5, 5.41) is 6.69. The number of halogens is 3. The molecular formula is C22H23F3N4O4S. The predicted octanol–water partition coefficient (Wildman–Crippen LogP) is 4.46. The molecule has 0 radical (unpaired) electrons. The van der Waals surface area contributed by atoms with E-state index in [1.807, 2.05) is 6.92 Å². The molecule has 4 rings (SSSR count). The number of aromatic nitrogens is 2. The summed E-state index contributed by atoms with van der Waals surface area (Å²) < 4.78 is 78.7. The molecule has 2 heterocycles. The van der Waals surface area contributed by atoms with E-state index < -0.39 is 26.7 Å². The van der Waals surface area contributed by atoms with Crippen molar-refractivity contribution in [1.29, 1.82) is 0 Å². The molecule has 8 nitrogen and oxygen atoms in total. The summed E-state index contributed by atoms with van der Waals surface area (Å²) >= 11 is 0. The average Bonchev–Trinajstić information content (AvgIpc) is 3.54. The zero-order valence-corrected chi connectivity index (χ0v) is 19.0. The van der Waals surface area contributed by atoms with Crippen molar-refractivity contribution in [2.24, 2.45) is 0 Å². The summed E-state index contributed by atoms with van der Waals surface area (Å²) in [5.41, 5.74) is -0.0667. The van der Waals surface area contributed by atoms with E-state index in [0.717, 1.165) is 18.6 Å². The van der Waals surface area contributed by atoms with Crippen LogP contribution in [0.5, 0.6) is 5.75 Å². The Labute approximate surface area is 194 Å². The molecule has 2 aromatic heterocycles. The zero-order valence-electron chi connectivity index (χ0n) is 18.2. The maximum atomic E-state index is 13.3. The van der Waals surface area contributed by atoms with Gasteiger partial charge in [-0.2, -0.15) is 13.2 Å². The lowest BCUT2D eigenvalue weighted by atomic mass is 10.2. The van der Waals surface area contributed by atoms with Gasteiger partial charge >= 0.3 is 6.18 Å². The third-order valence-corrected chi connectivity index (χ3v) is 6.58. The van der Waals surface area contributed by atoms with Gasteiger partial charge in [0.15, 0.2) is 0 Å². The maximum absolute atomic E-state index is 13.3. The van der Waals surface area contributed by atoms with Gasteiger partial charge in [0.2, 0.25) is 10.0 Å². The minimum atomic E-state index is -4.75. The molecule has 2 N–H and O–H groups in total. The summed E-state index contributed by atoms with van der Waals surface area (Å²) in [6.07, 6.45) is -2.13. The SMILES string of the molecule is CCOc1ccc(CNS(=O)(=O)c2cc(C(F)(F)F)cnc2NCc2cc(C3CC3)on2)cc1. The molecule has 1 aliphatic rings. The quantitative estimate of drug-likeness (QED) is 0.427. The summed E-state index contributed by atoms with van der Waals surface area (Å²) in [6, 6.07) is 9.00. The molecule has 182 valence electrons. The van der Waals surface area contributed by atoms with Gasteiger partial charge in [0.25, 0.3) is 0 Å². The maximum Gasteiger partial charge on any atom is 0.417 e. The third kappa shape index (κ3) is 5.86. The summed E-state index contributed by atoms with van der Waals surface area (Å²) in [4.78, 5) is 3.13. The molecule has 12 heteroatoms. The lowest BCUT2D eigenvalue weighted by molar-refractivity contribution is -0.138. The Kier molecular flexibility index (Phi) is 6.80. The van der Waals surface area contributed by atoms with Crippen molar-refractivity contribution >= 4 is 15.8 Å². The van der Waals surface area contributed by atoms with Crippen LogP contribution in [0, 0.1) is 0 Å². The van der Waals surface area contributed by atoms with Crippen LogP contribution < -0.4 is 14.8 Å². The number of sulfonamides is 1. The van der Waals surface area contributed by atoms with E-state index in [1.54, 1.807) is 30.3 Å². The van der Waals surface area contributed by atoms with Crippen LogP contribution in [-0.2, 0) is 29.3 Å². The summed E-state index contributed by atoms with van der Waals surface area (Å²) in [7, 11) is -4.34. The van der Waals surface area contributed by atoms with Gasteiger partial charge in [-0.15, -0.1) is 0 Å². The molecule has 3 aromatic rings. The van der Waals surface area contributed by atoms with Gasteiger partial charge in [0.1, 0.15) is 27.9 Å². The highest BCUT2D eigenvalue weighted by Gasteiger charge is 2.34. The molecule has 0 spiro atoms. The van der Waals surface area contributed by atoms with E-state index in [4.69, 9.17) is 9.26 Å². The van der Waals surface area contributed by atoms with Crippen LogP contribution in [0.25, 0.3) is 0 Å². The molecule has 34 heavy (non-hydrogen) atoms. The number of nitrogens with one attached hydrogen (secondary N) is 2. The highest BCUT2D eigenvalue weighted by molar-refractivity contribution is 7.89. The molecule has 0 atom stereocenters. The number of benzene rings is 1. The van der Waals surface area contributed by atoms with Crippen LogP contribution in [0.1, 0.15) is 48.3 Å². The number of anilines is 1. The molecule has 0 saturated heterocycles. The number of pyridine rings is 1. The fourth-order valence-electron chi connectivity index (χ4n) is 3.21. The second kappa shape index (κ2) is 9.63. The van der Waals surface area contributed by atoms with Gasteiger partial charge in [-0.05, 0) is 43.5 Å². The van der Waals surface area contributed by atoms with Gasteiger partial charge in [-0.3, -0.25) is 0 Å². The van der Waals surface area contributed by atoms with Crippen LogP contribution in [0.15, 0.2) is 52.0 Å². The fourth-order valence-corrected chi connectivity index (χ4v) is 4.38. The highest BCUT2D eigenvalue weighted by atomic mass is 32.2. The van der Waals surface area contributed by atoms with Crippen molar-refractivity contribution in [2.45, 2.75) is 49.8 Å². The smallest absolute Gasteiger partial charge is 0.417 e. The molecule has 0 bridgehead atoms. The number of ether oxygens (including phenoxy) is 1. The highest BCUT2D eigenvalue weighted by Crippen LogP contribution is 2.40. The first-order chi connectivity index (χ1) is 16.2. The van der Waals surface area contributed by atoms with E-state index in [2.05, 4.69) is 20.2 Å². The van der Waals surface area contributed by atoms with Crippen LogP contribution in [0.4, 0.5) is 19.0 Å². The lowest BCUT2D eigenvalue weighted by Gasteiger charge is -2.15. The minimum absolute atomic E-state index is 0.0377. The monoisotopic (exact) mass is 496 g/mol. The fraction of sp³-hybridized carbons (Fsp3) is 0.364. The Bertz CT molecular complexity index is 1240. The van der Waals surface area contributed by atoms with Gasteiger partial charge in [-0.1, -0.05) is 17.3 Å². The Morgan fingerprint density at radius 3 is 2.53 bits per heavy atom. The largest absolute Gasteiger partial charge is 0.494 e. The van der Waals surface area contributed by atoms with E-state index in [0.29, 0.717) is 41.8 Å². The Morgan fingerprint density at radius 2 is 1.88 bits per heavy atom. The molecule has 1 saturated carbocycles.